The second-order valence-corrected chi connectivity index (χ2v) is 8.28. The van der Waals surface area contributed by atoms with Gasteiger partial charge in [0.05, 0.1) is 22.7 Å². The van der Waals surface area contributed by atoms with Crippen LogP contribution in [0.1, 0.15) is 50.4 Å². The second kappa shape index (κ2) is 7.30. The fraction of sp³-hybridized carbons (Fsp3) is 0.304. The van der Waals surface area contributed by atoms with Crippen molar-refractivity contribution in [2.24, 2.45) is 5.73 Å². The molecular formula is C23H24N6O. The second-order valence-electron chi connectivity index (χ2n) is 8.28. The predicted octanol–water partition coefficient (Wildman–Crippen LogP) is 3.88. The maximum Gasteiger partial charge on any atom is 0.224 e. The number of aryl methyl sites for hydroxylation is 1. The topological polar surface area (TPSA) is 103 Å². The molecule has 7 heteroatoms. The van der Waals surface area contributed by atoms with Crippen molar-refractivity contribution < 1.29 is 4.74 Å². The zero-order valence-electron chi connectivity index (χ0n) is 17.5. The normalized spacial score (nSPS) is 16.0. The molecule has 1 atom stereocenters. The third-order valence-electron chi connectivity index (χ3n) is 5.23. The Morgan fingerprint density at radius 2 is 1.80 bits per heavy atom. The van der Waals surface area contributed by atoms with Crippen molar-refractivity contribution in [3.8, 4) is 23.1 Å². The van der Waals surface area contributed by atoms with Gasteiger partial charge in [0.25, 0.3) is 0 Å². The third kappa shape index (κ3) is 3.20. The first-order valence-electron chi connectivity index (χ1n) is 9.90. The molecule has 2 N–H and O–H groups in total. The van der Waals surface area contributed by atoms with E-state index in [1.54, 1.807) is 12.4 Å². The Morgan fingerprint density at radius 1 is 1.13 bits per heavy atom. The number of hydrogen-bond acceptors (Lipinski definition) is 6. The van der Waals surface area contributed by atoms with Gasteiger partial charge in [-0.15, -0.1) is 0 Å². The minimum atomic E-state index is -0.328. The van der Waals surface area contributed by atoms with E-state index in [9.17, 15) is 5.26 Å². The van der Waals surface area contributed by atoms with E-state index in [1.807, 2.05) is 28.9 Å². The van der Waals surface area contributed by atoms with Gasteiger partial charge in [-0.1, -0.05) is 31.2 Å². The Kier molecular flexibility index (Phi) is 4.78. The molecule has 152 valence electrons. The number of nitrogens with two attached hydrogens (primary N) is 1. The fourth-order valence-corrected chi connectivity index (χ4v) is 3.78. The summed E-state index contributed by atoms with van der Waals surface area (Å²) in [5.41, 5.74) is 11.0. The van der Waals surface area contributed by atoms with E-state index in [4.69, 9.17) is 15.6 Å². The number of nitrogens with zero attached hydrogens (tertiary/aromatic N) is 5. The molecule has 0 aliphatic carbocycles. The highest BCUT2D eigenvalue weighted by molar-refractivity contribution is 5.63. The van der Waals surface area contributed by atoms with Gasteiger partial charge in [0, 0.05) is 18.0 Å². The van der Waals surface area contributed by atoms with Gasteiger partial charge in [-0.05, 0) is 38.3 Å². The van der Waals surface area contributed by atoms with Crippen molar-refractivity contribution >= 4 is 0 Å². The maximum absolute atomic E-state index is 9.87. The van der Waals surface area contributed by atoms with Gasteiger partial charge in [-0.2, -0.15) is 10.4 Å². The summed E-state index contributed by atoms with van der Waals surface area (Å²) in [6, 6.07) is 10.3. The summed E-state index contributed by atoms with van der Waals surface area (Å²) >= 11 is 0. The molecule has 0 spiro atoms. The highest BCUT2D eigenvalue weighted by Gasteiger charge is 2.38. The number of ether oxygens (including phenoxy) is 1. The standard InChI is InChI=1S/C23H24N6O/c1-5-18-20-19(15-8-6-14(7-9-15)16-11-26-13-27-12-16)17(10-24)21(25)30-22(20)29(28-18)23(2,3)4/h6-9,11-13,19H,5,25H2,1-4H3. The van der Waals surface area contributed by atoms with Crippen molar-refractivity contribution in [1.82, 2.24) is 19.7 Å². The molecule has 7 nitrogen and oxygen atoms in total. The number of aromatic nitrogens is 4. The fourth-order valence-electron chi connectivity index (χ4n) is 3.78. The first-order chi connectivity index (χ1) is 14.3. The average Bonchev–Trinajstić information content (AvgIpc) is 3.12. The number of rotatable bonds is 3. The van der Waals surface area contributed by atoms with Crippen LogP contribution in [0.25, 0.3) is 11.1 Å². The maximum atomic E-state index is 9.87. The quantitative estimate of drug-likeness (QED) is 0.716. The Balaban J connectivity index is 1.87. The lowest BCUT2D eigenvalue weighted by Crippen LogP contribution is -2.27. The van der Waals surface area contributed by atoms with Gasteiger partial charge in [0.2, 0.25) is 11.8 Å². The first-order valence-corrected chi connectivity index (χ1v) is 9.90. The monoisotopic (exact) mass is 400 g/mol. The molecule has 0 amide bonds. The van der Waals surface area contributed by atoms with Gasteiger partial charge in [0.15, 0.2) is 0 Å². The van der Waals surface area contributed by atoms with Gasteiger partial charge >= 0.3 is 0 Å². The summed E-state index contributed by atoms with van der Waals surface area (Å²) in [4.78, 5) is 8.16. The van der Waals surface area contributed by atoms with Gasteiger partial charge in [-0.25, -0.2) is 14.6 Å². The van der Waals surface area contributed by atoms with Gasteiger partial charge < -0.3 is 10.5 Å². The molecule has 0 saturated heterocycles. The van der Waals surface area contributed by atoms with Crippen LogP contribution in [-0.2, 0) is 12.0 Å². The summed E-state index contributed by atoms with van der Waals surface area (Å²) < 4.78 is 7.81. The van der Waals surface area contributed by atoms with Crippen LogP contribution in [0.3, 0.4) is 0 Å². The van der Waals surface area contributed by atoms with Crippen molar-refractivity contribution in [2.75, 3.05) is 0 Å². The van der Waals surface area contributed by atoms with E-state index in [0.717, 1.165) is 34.4 Å². The van der Waals surface area contributed by atoms with Crippen LogP contribution < -0.4 is 10.5 Å². The lowest BCUT2D eigenvalue weighted by molar-refractivity contribution is 0.277. The van der Waals surface area contributed by atoms with E-state index in [2.05, 4.69) is 43.7 Å². The minimum absolute atomic E-state index is 0.128. The van der Waals surface area contributed by atoms with Crippen LogP contribution in [-0.4, -0.2) is 19.7 Å². The lowest BCUT2D eigenvalue weighted by Gasteiger charge is -2.28. The molecule has 0 saturated carbocycles. The van der Waals surface area contributed by atoms with Crippen molar-refractivity contribution in [3.63, 3.8) is 0 Å². The number of nitriles is 1. The molecule has 1 aliphatic heterocycles. The number of fused-ring (bicyclic) bond motifs is 1. The van der Waals surface area contributed by atoms with Crippen LogP contribution in [0.5, 0.6) is 5.88 Å². The molecule has 0 fully saturated rings. The molecule has 3 heterocycles. The molecule has 1 unspecified atom stereocenters. The Hall–Kier alpha value is -3.66. The van der Waals surface area contributed by atoms with Crippen LogP contribution in [0.4, 0.5) is 0 Å². The zero-order valence-corrected chi connectivity index (χ0v) is 17.5. The van der Waals surface area contributed by atoms with Crippen LogP contribution >= 0.6 is 0 Å². The smallest absolute Gasteiger partial charge is 0.224 e. The zero-order chi connectivity index (χ0) is 21.5. The Labute approximate surface area is 175 Å². The molecule has 1 aliphatic rings. The lowest BCUT2D eigenvalue weighted by atomic mass is 9.83. The highest BCUT2D eigenvalue weighted by Crippen LogP contribution is 2.45. The van der Waals surface area contributed by atoms with E-state index in [1.165, 1.54) is 6.33 Å². The average molecular weight is 400 g/mol. The highest BCUT2D eigenvalue weighted by atomic mass is 16.5. The van der Waals surface area contributed by atoms with Crippen molar-refractivity contribution in [2.45, 2.75) is 45.6 Å². The SMILES string of the molecule is CCc1nn(C(C)(C)C)c2c1C(c1ccc(-c3cncnc3)cc1)C(C#N)=C(N)O2. The summed E-state index contributed by atoms with van der Waals surface area (Å²) in [6.07, 6.45) is 5.78. The summed E-state index contributed by atoms with van der Waals surface area (Å²) in [7, 11) is 0. The predicted molar refractivity (Wildman–Crippen MR) is 113 cm³/mol. The molecule has 2 aromatic heterocycles. The molecule has 0 radical (unpaired) electrons. The molecule has 4 rings (SSSR count). The largest absolute Gasteiger partial charge is 0.422 e. The summed E-state index contributed by atoms with van der Waals surface area (Å²) in [6.45, 7) is 8.25. The van der Waals surface area contributed by atoms with Gasteiger partial charge in [0.1, 0.15) is 18.0 Å². The first kappa shape index (κ1) is 19.6. The molecule has 0 bridgehead atoms. The molecule has 1 aromatic carbocycles. The Morgan fingerprint density at radius 3 is 2.37 bits per heavy atom. The van der Waals surface area contributed by atoms with Crippen LogP contribution in [0.2, 0.25) is 0 Å². The summed E-state index contributed by atoms with van der Waals surface area (Å²) in [5.74, 6) is 0.413. The van der Waals surface area contributed by atoms with E-state index >= 15 is 0 Å². The van der Waals surface area contributed by atoms with E-state index < -0.39 is 0 Å². The van der Waals surface area contributed by atoms with E-state index in [0.29, 0.717) is 11.5 Å². The number of benzene rings is 1. The van der Waals surface area contributed by atoms with Gasteiger partial charge in [-0.3, -0.25) is 0 Å². The van der Waals surface area contributed by atoms with E-state index in [-0.39, 0.29) is 17.3 Å². The van der Waals surface area contributed by atoms with Crippen molar-refractivity contribution in [3.05, 3.63) is 71.3 Å². The molecule has 30 heavy (non-hydrogen) atoms. The van der Waals surface area contributed by atoms with Crippen molar-refractivity contribution in [1.29, 1.82) is 5.26 Å². The van der Waals surface area contributed by atoms with Crippen LogP contribution in [0.15, 0.2) is 54.4 Å². The summed E-state index contributed by atoms with van der Waals surface area (Å²) in [5, 5.41) is 14.7. The van der Waals surface area contributed by atoms with Crippen LogP contribution in [0, 0.1) is 11.3 Å². The molecular weight excluding hydrogens is 376 g/mol. The minimum Gasteiger partial charge on any atom is -0.422 e. The number of allylic oxidation sites excluding steroid dienone is 1. The molecule has 3 aromatic rings. The number of hydrogen-bond donors (Lipinski definition) is 1. The third-order valence-corrected chi connectivity index (χ3v) is 5.23. The Bertz CT molecular complexity index is 1150.